The summed E-state index contributed by atoms with van der Waals surface area (Å²) >= 11 is 0. The van der Waals surface area contributed by atoms with Crippen molar-refractivity contribution in [1.82, 2.24) is 9.55 Å². The average Bonchev–Trinajstić information content (AvgIpc) is 3.51. The molecule has 0 bridgehead atoms. The summed E-state index contributed by atoms with van der Waals surface area (Å²) in [5, 5.41) is 2.37. The molecule has 226 valence electrons. The molecule has 3 heterocycles. The summed E-state index contributed by atoms with van der Waals surface area (Å²) in [7, 11) is 0. The molecule has 1 aliphatic rings. The Labute approximate surface area is 266 Å². The standard InChI is InChI=1S/C40H40N4O/c1-26-12-10-17-36(27(26)2)43-25-42(28(3)29(43)4)31-13-11-14-32(23-31)45-33-18-19-35-34-15-8-9-16-37(34)44(38(35)24-33)39-22-30(20-21-41-39)40(5,6)7/h8-24H,25H2,1-7H3. The third-order valence-corrected chi connectivity index (χ3v) is 9.33. The Morgan fingerprint density at radius 3 is 2.22 bits per heavy atom. The summed E-state index contributed by atoms with van der Waals surface area (Å²) in [6.45, 7) is 16.3. The lowest BCUT2D eigenvalue weighted by Crippen LogP contribution is -2.27. The van der Waals surface area contributed by atoms with Crippen molar-refractivity contribution in [1.29, 1.82) is 0 Å². The van der Waals surface area contributed by atoms with Gasteiger partial charge in [0.2, 0.25) is 0 Å². The van der Waals surface area contributed by atoms with Gasteiger partial charge in [-0.2, -0.15) is 0 Å². The number of pyridine rings is 1. The van der Waals surface area contributed by atoms with Crippen LogP contribution in [-0.2, 0) is 5.41 Å². The molecule has 0 saturated heterocycles. The van der Waals surface area contributed by atoms with Crippen molar-refractivity contribution in [3.8, 4) is 17.3 Å². The molecule has 45 heavy (non-hydrogen) atoms. The molecule has 4 aromatic carbocycles. The second-order valence-corrected chi connectivity index (χ2v) is 13.2. The minimum atomic E-state index is 0.0209. The number of anilines is 2. The van der Waals surface area contributed by atoms with Crippen molar-refractivity contribution in [2.24, 2.45) is 0 Å². The molecule has 0 N–H and O–H groups in total. The molecule has 6 aromatic rings. The Kier molecular flexibility index (Phi) is 6.92. The number of allylic oxidation sites excluding steroid dienone is 2. The second kappa shape index (κ2) is 10.8. The zero-order chi connectivity index (χ0) is 31.5. The van der Waals surface area contributed by atoms with Crippen LogP contribution in [0, 0.1) is 13.8 Å². The summed E-state index contributed by atoms with van der Waals surface area (Å²) < 4.78 is 8.83. The van der Waals surface area contributed by atoms with Crippen LogP contribution in [0.2, 0.25) is 0 Å². The van der Waals surface area contributed by atoms with Crippen LogP contribution in [0.5, 0.6) is 11.5 Å². The number of hydrogen-bond acceptors (Lipinski definition) is 4. The van der Waals surface area contributed by atoms with E-state index in [2.05, 4.69) is 154 Å². The van der Waals surface area contributed by atoms with Crippen LogP contribution in [0.25, 0.3) is 27.6 Å². The van der Waals surface area contributed by atoms with Gasteiger partial charge in [-0.05, 0) is 98.3 Å². The number of para-hydroxylation sites is 1. The summed E-state index contributed by atoms with van der Waals surface area (Å²) in [6.07, 6.45) is 1.92. The maximum atomic E-state index is 6.57. The molecule has 0 fully saturated rings. The van der Waals surface area contributed by atoms with E-state index in [1.807, 2.05) is 12.3 Å². The highest BCUT2D eigenvalue weighted by Gasteiger charge is 2.27. The molecule has 0 amide bonds. The normalized spacial score (nSPS) is 13.8. The molecule has 1 aliphatic heterocycles. The number of fused-ring (bicyclic) bond motifs is 3. The van der Waals surface area contributed by atoms with Gasteiger partial charge < -0.3 is 14.5 Å². The number of hydrogen-bond donors (Lipinski definition) is 0. The van der Waals surface area contributed by atoms with Crippen molar-refractivity contribution < 1.29 is 4.74 Å². The third-order valence-electron chi connectivity index (χ3n) is 9.33. The van der Waals surface area contributed by atoms with E-state index in [9.17, 15) is 0 Å². The molecule has 0 atom stereocenters. The van der Waals surface area contributed by atoms with Crippen LogP contribution >= 0.6 is 0 Å². The van der Waals surface area contributed by atoms with Crippen LogP contribution in [0.4, 0.5) is 11.4 Å². The Balaban J connectivity index is 1.24. The van der Waals surface area contributed by atoms with E-state index in [1.165, 1.54) is 44.5 Å². The molecule has 0 aliphatic carbocycles. The smallest absolute Gasteiger partial charge is 0.137 e. The van der Waals surface area contributed by atoms with Crippen molar-refractivity contribution >= 4 is 33.2 Å². The minimum Gasteiger partial charge on any atom is -0.457 e. The lowest BCUT2D eigenvalue weighted by Gasteiger charge is -2.26. The molecule has 0 unspecified atom stereocenters. The topological polar surface area (TPSA) is 33.5 Å². The van der Waals surface area contributed by atoms with Crippen molar-refractivity contribution in [3.63, 3.8) is 0 Å². The molecule has 7 rings (SSSR count). The molecule has 2 aromatic heterocycles. The number of benzene rings is 4. The minimum absolute atomic E-state index is 0.0209. The first-order chi connectivity index (χ1) is 21.6. The van der Waals surface area contributed by atoms with Crippen LogP contribution < -0.4 is 14.5 Å². The maximum absolute atomic E-state index is 6.57. The summed E-state index contributed by atoms with van der Waals surface area (Å²) in [5.41, 5.74) is 11.0. The van der Waals surface area contributed by atoms with E-state index in [0.717, 1.165) is 40.7 Å². The SMILES string of the molecule is CC1=C(C)N(c2cccc(C)c2C)CN1c1cccc(Oc2ccc3c4ccccc4n(-c4cc(C(C)(C)C)ccn4)c3c2)c1. The molecular formula is C40H40N4O. The Hall–Kier alpha value is -5.03. The fraction of sp³-hybridized carbons (Fsp3) is 0.225. The molecule has 5 nitrogen and oxygen atoms in total. The number of aromatic nitrogens is 2. The lowest BCUT2D eigenvalue weighted by molar-refractivity contribution is 0.483. The average molecular weight is 593 g/mol. The van der Waals surface area contributed by atoms with E-state index >= 15 is 0 Å². The number of aryl methyl sites for hydroxylation is 1. The lowest BCUT2D eigenvalue weighted by atomic mass is 9.88. The zero-order valence-electron chi connectivity index (χ0n) is 27.2. The molecule has 0 spiro atoms. The summed E-state index contributed by atoms with van der Waals surface area (Å²) in [6, 6.07) is 34.2. The van der Waals surface area contributed by atoms with Gasteiger partial charge >= 0.3 is 0 Å². The second-order valence-electron chi connectivity index (χ2n) is 13.2. The predicted molar refractivity (Wildman–Crippen MR) is 188 cm³/mol. The van der Waals surface area contributed by atoms with Gasteiger partial charge in [-0.25, -0.2) is 4.98 Å². The molecule has 5 heteroatoms. The van der Waals surface area contributed by atoms with Gasteiger partial charge in [0.05, 0.1) is 17.7 Å². The van der Waals surface area contributed by atoms with E-state index < -0.39 is 0 Å². The fourth-order valence-corrected chi connectivity index (χ4v) is 6.42. The first-order valence-electron chi connectivity index (χ1n) is 15.7. The number of ether oxygens (including phenoxy) is 1. The van der Waals surface area contributed by atoms with Crippen LogP contribution in [0.3, 0.4) is 0 Å². The summed E-state index contributed by atoms with van der Waals surface area (Å²) in [5.74, 6) is 2.50. The highest BCUT2D eigenvalue weighted by molar-refractivity contribution is 6.09. The van der Waals surface area contributed by atoms with Gasteiger partial charge in [-0.1, -0.05) is 57.2 Å². The van der Waals surface area contributed by atoms with Crippen LogP contribution in [-0.4, -0.2) is 16.2 Å². The van der Waals surface area contributed by atoms with Gasteiger partial charge in [-0.15, -0.1) is 0 Å². The quantitative estimate of drug-likeness (QED) is 0.199. The monoisotopic (exact) mass is 592 g/mol. The van der Waals surface area contributed by atoms with Gasteiger partial charge in [-0.3, -0.25) is 4.57 Å². The Morgan fingerprint density at radius 1 is 0.667 bits per heavy atom. The molecule has 0 radical (unpaired) electrons. The van der Waals surface area contributed by atoms with Crippen LogP contribution in [0.15, 0.2) is 115 Å². The van der Waals surface area contributed by atoms with Crippen LogP contribution in [0.1, 0.15) is 51.3 Å². The van der Waals surface area contributed by atoms with E-state index in [1.54, 1.807) is 0 Å². The first kappa shape index (κ1) is 28.7. The van der Waals surface area contributed by atoms with Gasteiger partial charge in [0.25, 0.3) is 0 Å². The zero-order valence-corrected chi connectivity index (χ0v) is 27.2. The van der Waals surface area contributed by atoms with Gasteiger partial charge in [0.1, 0.15) is 17.3 Å². The van der Waals surface area contributed by atoms with Gasteiger partial charge in [0, 0.05) is 51.9 Å². The fourth-order valence-electron chi connectivity index (χ4n) is 6.42. The van der Waals surface area contributed by atoms with Gasteiger partial charge in [0.15, 0.2) is 0 Å². The first-order valence-corrected chi connectivity index (χ1v) is 15.7. The highest BCUT2D eigenvalue weighted by atomic mass is 16.5. The largest absolute Gasteiger partial charge is 0.457 e. The number of rotatable bonds is 5. The van der Waals surface area contributed by atoms with Crippen molar-refractivity contribution in [2.75, 3.05) is 16.5 Å². The highest BCUT2D eigenvalue weighted by Crippen LogP contribution is 2.38. The van der Waals surface area contributed by atoms with Crippen molar-refractivity contribution in [3.05, 3.63) is 131 Å². The molecule has 0 saturated carbocycles. The Bertz CT molecular complexity index is 2110. The molecular weight excluding hydrogens is 552 g/mol. The Morgan fingerprint density at radius 2 is 1.40 bits per heavy atom. The third kappa shape index (κ3) is 5.02. The number of nitrogens with zero attached hydrogens (tertiary/aromatic N) is 4. The van der Waals surface area contributed by atoms with E-state index in [4.69, 9.17) is 9.72 Å². The predicted octanol–water partition coefficient (Wildman–Crippen LogP) is 10.4. The maximum Gasteiger partial charge on any atom is 0.137 e. The van der Waals surface area contributed by atoms with E-state index in [0.29, 0.717) is 0 Å². The summed E-state index contributed by atoms with van der Waals surface area (Å²) in [4.78, 5) is 9.59. The van der Waals surface area contributed by atoms with Crippen molar-refractivity contribution in [2.45, 2.75) is 53.9 Å². The van der Waals surface area contributed by atoms with E-state index in [-0.39, 0.29) is 5.41 Å².